The minimum atomic E-state index is -0.600. The summed E-state index contributed by atoms with van der Waals surface area (Å²) in [6.45, 7) is 6.02. The van der Waals surface area contributed by atoms with Gasteiger partial charge in [-0.3, -0.25) is 0 Å². The van der Waals surface area contributed by atoms with Crippen molar-refractivity contribution in [3.8, 4) is 0 Å². The van der Waals surface area contributed by atoms with Crippen LogP contribution in [0.15, 0.2) is 36.0 Å². The summed E-state index contributed by atoms with van der Waals surface area (Å²) >= 11 is 0. The molecule has 0 heterocycles. The lowest BCUT2D eigenvalue weighted by atomic mass is 10.2. The third-order valence-corrected chi connectivity index (χ3v) is 1.06. The Labute approximate surface area is 59.6 Å². The first-order valence-corrected chi connectivity index (χ1v) is 2.92. The fourth-order valence-electron chi connectivity index (χ4n) is 0.368. The summed E-state index contributed by atoms with van der Waals surface area (Å²) in [5.74, 6) is -1.05. The lowest BCUT2D eigenvalue weighted by Crippen LogP contribution is -1.74. The van der Waals surface area contributed by atoms with Gasteiger partial charge < -0.3 is 0 Å². The normalized spacial score (nSPS) is 13.6. The fourth-order valence-corrected chi connectivity index (χ4v) is 0.368. The van der Waals surface area contributed by atoms with Crippen molar-refractivity contribution in [2.24, 2.45) is 0 Å². The Balaban J connectivity index is 4.31. The quantitative estimate of drug-likeness (QED) is 0.521. The smallest absolute Gasteiger partial charge is 0.119 e. The fraction of sp³-hybridized carbons (Fsp3) is 0.250. The van der Waals surface area contributed by atoms with Gasteiger partial charge in [-0.2, -0.15) is 0 Å². The van der Waals surface area contributed by atoms with E-state index < -0.39 is 11.7 Å². The van der Waals surface area contributed by atoms with Crippen LogP contribution in [0.2, 0.25) is 0 Å². The molecule has 0 aromatic rings. The molecule has 10 heavy (non-hydrogen) atoms. The molecular formula is C8H10F2. The van der Waals surface area contributed by atoms with Gasteiger partial charge in [0, 0.05) is 0 Å². The molecule has 0 saturated heterocycles. The third kappa shape index (κ3) is 3.17. The van der Waals surface area contributed by atoms with Crippen molar-refractivity contribution < 1.29 is 8.78 Å². The van der Waals surface area contributed by atoms with Crippen LogP contribution in [-0.2, 0) is 0 Å². The summed E-state index contributed by atoms with van der Waals surface area (Å²) in [5, 5.41) is 0. The number of allylic oxidation sites excluding steroid dienone is 5. The van der Waals surface area contributed by atoms with Crippen LogP contribution in [0.3, 0.4) is 0 Å². The molecule has 0 unspecified atom stereocenters. The van der Waals surface area contributed by atoms with Gasteiger partial charge in [-0.15, -0.1) is 0 Å². The Bertz CT molecular complexity index is 187. The van der Waals surface area contributed by atoms with E-state index in [-0.39, 0.29) is 5.57 Å². The van der Waals surface area contributed by atoms with Crippen LogP contribution >= 0.6 is 0 Å². The Morgan fingerprint density at radius 1 is 1.40 bits per heavy atom. The molecule has 0 amide bonds. The molecule has 0 spiro atoms. The first-order valence-electron chi connectivity index (χ1n) is 2.92. The molecule has 0 aliphatic heterocycles. The minimum Gasteiger partial charge on any atom is -0.207 e. The first-order chi connectivity index (χ1) is 4.57. The van der Waals surface area contributed by atoms with Crippen molar-refractivity contribution in [3.63, 3.8) is 0 Å². The largest absolute Gasteiger partial charge is 0.207 e. The second-order valence-electron chi connectivity index (χ2n) is 1.91. The maximum atomic E-state index is 12.3. The van der Waals surface area contributed by atoms with E-state index >= 15 is 0 Å². The molecule has 0 atom stereocenters. The third-order valence-electron chi connectivity index (χ3n) is 1.06. The van der Waals surface area contributed by atoms with E-state index in [0.717, 1.165) is 6.08 Å². The lowest BCUT2D eigenvalue weighted by Gasteiger charge is -1.91. The second-order valence-corrected chi connectivity index (χ2v) is 1.91. The topological polar surface area (TPSA) is 0 Å². The van der Waals surface area contributed by atoms with Gasteiger partial charge in [-0.05, 0) is 25.5 Å². The molecule has 2 heteroatoms. The first kappa shape index (κ1) is 9.08. The highest BCUT2D eigenvalue weighted by Gasteiger charge is 1.94. The van der Waals surface area contributed by atoms with Crippen molar-refractivity contribution in [2.75, 3.05) is 0 Å². The zero-order valence-corrected chi connectivity index (χ0v) is 6.12. The van der Waals surface area contributed by atoms with Gasteiger partial charge in [0.15, 0.2) is 0 Å². The summed E-state index contributed by atoms with van der Waals surface area (Å²) in [6.07, 6.45) is 2.36. The summed E-state index contributed by atoms with van der Waals surface area (Å²) in [4.78, 5) is 0. The number of hydrogen-bond acceptors (Lipinski definition) is 0. The molecule has 0 rings (SSSR count). The molecule has 0 saturated carbocycles. The average molecular weight is 144 g/mol. The Kier molecular flexibility index (Phi) is 3.62. The molecule has 0 aliphatic carbocycles. The average Bonchev–Trinajstić information content (AvgIpc) is 1.87. The molecule has 56 valence electrons. The van der Waals surface area contributed by atoms with E-state index in [0.29, 0.717) is 0 Å². The van der Waals surface area contributed by atoms with E-state index in [4.69, 9.17) is 0 Å². The summed E-state index contributed by atoms with van der Waals surface area (Å²) in [6, 6.07) is 0. The van der Waals surface area contributed by atoms with Crippen molar-refractivity contribution in [3.05, 3.63) is 36.0 Å². The van der Waals surface area contributed by atoms with Crippen LogP contribution in [0, 0.1) is 0 Å². The van der Waals surface area contributed by atoms with Crippen LogP contribution in [-0.4, -0.2) is 0 Å². The van der Waals surface area contributed by atoms with Gasteiger partial charge in [-0.1, -0.05) is 12.7 Å². The van der Waals surface area contributed by atoms with Gasteiger partial charge >= 0.3 is 0 Å². The Hall–Kier alpha value is -0.920. The van der Waals surface area contributed by atoms with E-state index in [9.17, 15) is 8.78 Å². The molecule has 0 fully saturated rings. The number of rotatable bonds is 2. The minimum absolute atomic E-state index is 0.218. The highest BCUT2D eigenvalue weighted by molar-refractivity contribution is 5.27. The zero-order valence-electron chi connectivity index (χ0n) is 6.12. The van der Waals surface area contributed by atoms with E-state index in [1.165, 1.54) is 13.0 Å². The molecule has 0 aromatic heterocycles. The van der Waals surface area contributed by atoms with E-state index in [1.54, 1.807) is 6.92 Å². The van der Waals surface area contributed by atoms with Gasteiger partial charge in [0.25, 0.3) is 0 Å². The monoisotopic (exact) mass is 144 g/mol. The van der Waals surface area contributed by atoms with Gasteiger partial charge in [0.2, 0.25) is 0 Å². The zero-order chi connectivity index (χ0) is 8.15. The summed E-state index contributed by atoms with van der Waals surface area (Å²) < 4.78 is 24.5. The maximum absolute atomic E-state index is 12.3. The second kappa shape index (κ2) is 3.99. The van der Waals surface area contributed by atoms with Crippen molar-refractivity contribution in [1.29, 1.82) is 0 Å². The van der Waals surface area contributed by atoms with Crippen LogP contribution < -0.4 is 0 Å². The predicted octanol–water partition coefficient (Wildman–Crippen LogP) is 3.29. The van der Waals surface area contributed by atoms with Gasteiger partial charge in [0.1, 0.15) is 11.7 Å². The SMILES string of the molecule is C=C(F)/C(C)=C\C(F)=C/C. The van der Waals surface area contributed by atoms with Crippen molar-refractivity contribution in [2.45, 2.75) is 13.8 Å². The van der Waals surface area contributed by atoms with Crippen molar-refractivity contribution >= 4 is 0 Å². The van der Waals surface area contributed by atoms with Crippen LogP contribution in [0.5, 0.6) is 0 Å². The predicted molar refractivity (Wildman–Crippen MR) is 38.9 cm³/mol. The summed E-state index contributed by atoms with van der Waals surface area (Å²) in [7, 11) is 0. The molecule has 0 aromatic carbocycles. The van der Waals surface area contributed by atoms with E-state index in [1.807, 2.05) is 0 Å². The molecule has 0 bridgehead atoms. The van der Waals surface area contributed by atoms with Gasteiger partial charge in [-0.25, -0.2) is 8.78 Å². The molecule has 0 N–H and O–H groups in total. The van der Waals surface area contributed by atoms with Crippen LogP contribution in [0.1, 0.15) is 13.8 Å². The van der Waals surface area contributed by atoms with Crippen molar-refractivity contribution in [1.82, 2.24) is 0 Å². The van der Waals surface area contributed by atoms with Crippen LogP contribution in [0.4, 0.5) is 8.78 Å². The molecule has 0 aliphatic rings. The summed E-state index contributed by atoms with van der Waals surface area (Å²) in [5.41, 5.74) is 0.218. The highest BCUT2D eigenvalue weighted by atomic mass is 19.1. The van der Waals surface area contributed by atoms with E-state index in [2.05, 4.69) is 6.58 Å². The maximum Gasteiger partial charge on any atom is 0.119 e. The molecule has 0 radical (unpaired) electrons. The Morgan fingerprint density at radius 2 is 1.90 bits per heavy atom. The lowest BCUT2D eigenvalue weighted by molar-refractivity contribution is 0.641. The molecular weight excluding hydrogens is 134 g/mol. The molecule has 0 nitrogen and oxygen atoms in total. The highest BCUT2D eigenvalue weighted by Crippen LogP contribution is 2.11. The Morgan fingerprint density at radius 3 is 2.20 bits per heavy atom. The number of halogens is 2. The van der Waals surface area contributed by atoms with Crippen LogP contribution in [0.25, 0.3) is 0 Å². The van der Waals surface area contributed by atoms with Gasteiger partial charge in [0.05, 0.1) is 0 Å². The standard InChI is InChI=1S/C8H10F2/c1-4-8(10)5-6(2)7(3)9/h4-5H,3H2,1-2H3/b6-5-,8-4+. The number of hydrogen-bond donors (Lipinski definition) is 0.